The molecule has 0 bridgehead atoms. The van der Waals surface area contributed by atoms with Gasteiger partial charge in [-0.15, -0.1) is 0 Å². The Balaban J connectivity index is 1.78. The first-order valence-corrected chi connectivity index (χ1v) is 11.6. The van der Waals surface area contributed by atoms with Crippen LogP contribution in [0.1, 0.15) is 25.3 Å². The van der Waals surface area contributed by atoms with E-state index in [1.54, 1.807) is 24.9 Å². The molecule has 9 heteroatoms. The Kier molecular flexibility index (Phi) is 8.59. The predicted octanol–water partition coefficient (Wildman–Crippen LogP) is 0.243. The van der Waals surface area contributed by atoms with Crippen molar-refractivity contribution in [1.29, 1.82) is 0 Å². The van der Waals surface area contributed by atoms with Crippen molar-refractivity contribution in [3.63, 3.8) is 0 Å². The molecule has 0 spiro atoms. The van der Waals surface area contributed by atoms with Crippen molar-refractivity contribution < 1.29 is 19.2 Å². The van der Waals surface area contributed by atoms with Gasteiger partial charge >= 0.3 is 0 Å². The number of rotatable bonds is 9. The fourth-order valence-corrected chi connectivity index (χ4v) is 4.29. The second-order valence-electron chi connectivity index (χ2n) is 8.63. The van der Waals surface area contributed by atoms with Gasteiger partial charge in [-0.2, -0.15) is 0 Å². The van der Waals surface area contributed by atoms with Crippen LogP contribution in [0.2, 0.25) is 0 Å². The highest BCUT2D eigenvalue weighted by atomic mass is 16.2. The van der Waals surface area contributed by atoms with Gasteiger partial charge in [-0.05, 0) is 38.5 Å². The number of hydrogen-bond donors (Lipinski definition) is 4. The molecule has 0 aliphatic carbocycles. The minimum Gasteiger partial charge on any atom is -0.352 e. The SMILES string of the molecule is C=CC(=O)NCC1CCC2C=CC(C(=O)NCc3ccccc3)N2C(=O)C1NC(=O)C(C)NC. The lowest BCUT2D eigenvalue weighted by Gasteiger charge is -2.32. The number of nitrogens with zero attached hydrogens (tertiary/aromatic N) is 1. The fourth-order valence-electron chi connectivity index (χ4n) is 4.29. The monoisotopic (exact) mass is 467 g/mol. The van der Waals surface area contributed by atoms with Crippen LogP contribution in [-0.4, -0.2) is 66.3 Å². The molecule has 5 atom stereocenters. The molecule has 4 N–H and O–H groups in total. The van der Waals surface area contributed by atoms with Crippen molar-refractivity contribution in [3.8, 4) is 0 Å². The molecular formula is C25H33N5O4. The number of benzene rings is 1. The van der Waals surface area contributed by atoms with Crippen molar-refractivity contribution in [2.45, 2.75) is 50.5 Å². The van der Waals surface area contributed by atoms with E-state index in [-0.39, 0.29) is 42.1 Å². The summed E-state index contributed by atoms with van der Waals surface area (Å²) in [5, 5.41) is 11.4. The van der Waals surface area contributed by atoms with E-state index >= 15 is 0 Å². The predicted molar refractivity (Wildman–Crippen MR) is 128 cm³/mol. The molecule has 2 aliphatic rings. The number of hydrogen-bond acceptors (Lipinski definition) is 5. The van der Waals surface area contributed by atoms with Gasteiger partial charge in [-0.3, -0.25) is 19.2 Å². The van der Waals surface area contributed by atoms with Crippen molar-refractivity contribution in [1.82, 2.24) is 26.2 Å². The second-order valence-corrected chi connectivity index (χ2v) is 8.63. The Labute approximate surface area is 200 Å². The lowest BCUT2D eigenvalue weighted by molar-refractivity contribution is -0.143. The summed E-state index contributed by atoms with van der Waals surface area (Å²) >= 11 is 0. The Morgan fingerprint density at radius 2 is 1.88 bits per heavy atom. The van der Waals surface area contributed by atoms with E-state index in [1.165, 1.54) is 6.08 Å². The molecule has 0 saturated carbocycles. The molecule has 1 aromatic rings. The molecule has 34 heavy (non-hydrogen) atoms. The smallest absolute Gasteiger partial charge is 0.247 e. The van der Waals surface area contributed by atoms with Crippen molar-refractivity contribution >= 4 is 23.6 Å². The lowest BCUT2D eigenvalue weighted by Crippen LogP contribution is -2.59. The normalized spacial score (nSPS) is 24.5. The topological polar surface area (TPSA) is 120 Å². The molecule has 5 unspecified atom stereocenters. The lowest BCUT2D eigenvalue weighted by atomic mass is 9.93. The second kappa shape index (κ2) is 11.6. The van der Waals surface area contributed by atoms with Crippen molar-refractivity contribution in [2.75, 3.05) is 13.6 Å². The average molecular weight is 468 g/mol. The molecule has 9 nitrogen and oxygen atoms in total. The van der Waals surface area contributed by atoms with Gasteiger partial charge in [-0.25, -0.2) is 0 Å². The van der Waals surface area contributed by atoms with E-state index in [1.807, 2.05) is 36.4 Å². The molecule has 182 valence electrons. The first-order chi connectivity index (χ1) is 16.3. The summed E-state index contributed by atoms with van der Waals surface area (Å²) < 4.78 is 0. The highest BCUT2D eigenvalue weighted by Crippen LogP contribution is 2.30. The van der Waals surface area contributed by atoms with Crippen LogP contribution in [-0.2, 0) is 25.7 Å². The standard InChI is InChI=1S/C25H33N5O4/c1-4-21(31)27-15-18-10-11-19-12-13-20(24(33)28-14-17-8-6-5-7-9-17)30(19)25(34)22(18)29-23(32)16(2)26-3/h4-9,12-13,16,18-20,22,26H,1,10-11,14-15H2,2-3H3,(H,27,31)(H,28,33)(H,29,32). The van der Waals surface area contributed by atoms with Gasteiger partial charge in [0.2, 0.25) is 23.6 Å². The third kappa shape index (κ3) is 5.91. The number of amides is 4. The molecule has 0 aromatic heterocycles. The van der Waals surface area contributed by atoms with Crippen LogP contribution in [0.15, 0.2) is 55.1 Å². The Morgan fingerprint density at radius 1 is 1.15 bits per heavy atom. The first kappa shape index (κ1) is 25.2. The highest BCUT2D eigenvalue weighted by Gasteiger charge is 2.45. The summed E-state index contributed by atoms with van der Waals surface area (Å²) in [6.07, 6.45) is 6.00. The number of nitrogens with one attached hydrogen (secondary N) is 4. The van der Waals surface area contributed by atoms with Crippen molar-refractivity contribution in [2.24, 2.45) is 5.92 Å². The summed E-state index contributed by atoms with van der Waals surface area (Å²) in [5.74, 6) is -1.60. The van der Waals surface area contributed by atoms with Gasteiger partial charge in [0.15, 0.2) is 0 Å². The van der Waals surface area contributed by atoms with E-state index in [0.717, 1.165) is 5.56 Å². The summed E-state index contributed by atoms with van der Waals surface area (Å²) in [6.45, 7) is 5.72. The van der Waals surface area contributed by atoms with E-state index in [9.17, 15) is 19.2 Å². The summed E-state index contributed by atoms with van der Waals surface area (Å²) in [4.78, 5) is 52.7. The largest absolute Gasteiger partial charge is 0.352 e. The van der Waals surface area contributed by atoms with Crippen LogP contribution in [0.4, 0.5) is 0 Å². The van der Waals surface area contributed by atoms with Gasteiger partial charge in [0.25, 0.3) is 0 Å². The minimum atomic E-state index is -0.872. The molecular weight excluding hydrogens is 434 g/mol. The highest BCUT2D eigenvalue weighted by molar-refractivity contribution is 5.95. The minimum absolute atomic E-state index is 0.213. The first-order valence-electron chi connectivity index (χ1n) is 11.6. The van der Waals surface area contributed by atoms with Gasteiger partial charge in [0, 0.05) is 19.0 Å². The molecule has 2 aliphatic heterocycles. The number of fused-ring (bicyclic) bond motifs is 1. The molecule has 1 fully saturated rings. The van der Waals surface area contributed by atoms with Crippen LogP contribution in [0.25, 0.3) is 0 Å². The number of carbonyl (C=O) groups is 4. The van der Waals surface area contributed by atoms with Crippen LogP contribution in [0.5, 0.6) is 0 Å². The zero-order chi connectivity index (χ0) is 24.7. The van der Waals surface area contributed by atoms with Crippen LogP contribution < -0.4 is 21.3 Å². The molecule has 3 rings (SSSR count). The Hall–Kier alpha value is -3.46. The average Bonchev–Trinajstić information content (AvgIpc) is 3.24. The molecule has 4 amide bonds. The maximum absolute atomic E-state index is 13.7. The van der Waals surface area contributed by atoms with E-state index in [2.05, 4.69) is 27.8 Å². The molecule has 1 aromatic carbocycles. The van der Waals surface area contributed by atoms with E-state index in [4.69, 9.17) is 0 Å². The van der Waals surface area contributed by atoms with Crippen LogP contribution >= 0.6 is 0 Å². The molecule has 1 saturated heterocycles. The summed E-state index contributed by atoms with van der Waals surface area (Å²) in [7, 11) is 1.66. The third-order valence-corrected chi connectivity index (χ3v) is 6.42. The maximum Gasteiger partial charge on any atom is 0.247 e. The maximum atomic E-state index is 13.7. The molecule has 2 heterocycles. The van der Waals surface area contributed by atoms with E-state index < -0.39 is 18.1 Å². The van der Waals surface area contributed by atoms with Crippen LogP contribution in [0, 0.1) is 5.92 Å². The van der Waals surface area contributed by atoms with Gasteiger partial charge in [0.05, 0.1) is 12.1 Å². The van der Waals surface area contributed by atoms with Gasteiger partial charge in [-0.1, -0.05) is 49.1 Å². The van der Waals surface area contributed by atoms with E-state index in [0.29, 0.717) is 19.4 Å². The third-order valence-electron chi connectivity index (χ3n) is 6.42. The Bertz CT molecular complexity index is 948. The Morgan fingerprint density at radius 3 is 2.56 bits per heavy atom. The fraction of sp³-hybridized carbons (Fsp3) is 0.440. The zero-order valence-corrected chi connectivity index (χ0v) is 19.6. The molecule has 0 radical (unpaired) electrons. The quantitative estimate of drug-likeness (QED) is 0.307. The van der Waals surface area contributed by atoms with Crippen LogP contribution in [0.3, 0.4) is 0 Å². The summed E-state index contributed by atoms with van der Waals surface area (Å²) in [5.41, 5.74) is 0.959. The number of likely N-dealkylation sites (N-methyl/N-ethyl adjacent to an activating group) is 1. The zero-order valence-electron chi connectivity index (χ0n) is 19.6. The van der Waals surface area contributed by atoms with Gasteiger partial charge < -0.3 is 26.2 Å². The van der Waals surface area contributed by atoms with Crippen molar-refractivity contribution in [3.05, 3.63) is 60.7 Å². The van der Waals surface area contributed by atoms with Gasteiger partial charge in [0.1, 0.15) is 12.1 Å². The summed E-state index contributed by atoms with van der Waals surface area (Å²) in [6, 6.07) is 7.15. The number of carbonyl (C=O) groups excluding carboxylic acids is 4.